The zero-order valence-corrected chi connectivity index (χ0v) is 10.3. The van der Waals surface area contributed by atoms with E-state index in [1.165, 1.54) is 0 Å². The van der Waals surface area contributed by atoms with Crippen LogP contribution in [0.1, 0.15) is 25.7 Å². The monoisotopic (exact) mass is 250 g/mol. The zero-order valence-electron chi connectivity index (χ0n) is 10.3. The lowest BCUT2D eigenvalue weighted by molar-refractivity contribution is -0.133. The molecule has 18 heavy (non-hydrogen) atoms. The maximum absolute atomic E-state index is 12.2. The molecule has 6 heteroatoms. The summed E-state index contributed by atoms with van der Waals surface area (Å²) in [7, 11) is 0. The average molecular weight is 250 g/mol. The molecule has 2 heterocycles. The van der Waals surface area contributed by atoms with Crippen LogP contribution >= 0.6 is 0 Å². The van der Waals surface area contributed by atoms with Crippen LogP contribution in [0.4, 0.5) is 0 Å². The second-order valence-electron chi connectivity index (χ2n) is 5.05. The quantitative estimate of drug-likeness (QED) is 0.695. The number of nitrogens with one attached hydrogen (secondary N) is 1. The Balaban J connectivity index is 1.91. The highest BCUT2D eigenvalue weighted by atomic mass is 16.2. The first kappa shape index (κ1) is 12.8. The minimum atomic E-state index is -0.328. The van der Waals surface area contributed by atoms with Crippen molar-refractivity contribution in [1.29, 1.82) is 5.26 Å². The molecule has 0 aromatic rings. The fraction of sp³-hybridized carbons (Fsp3) is 0.750. The molecular formula is C12H18N4O2. The van der Waals surface area contributed by atoms with Crippen molar-refractivity contribution in [3.63, 3.8) is 0 Å². The molecule has 2 fully saturated rings. The number of carbonyl (C=O) groups excluding carboxylic acids is 2. The Morgan fingerprint density at radius 3 is 2.94 bits per heavy atom. The molecule has 0 unspecified atom stereocenters. The van der Waals surface area contributed by atoms with Crippen molar-refractivity contribution in [2.75, 3.05) is 13.1 Å². The van der Waals surface area contributed by atoms with E-state index < -0.39 is 0 Å². The first-order chi connectivity index (χ1) is 8.61. The van der Waals surface area contributed by atoms with Crippen LogP contribution in [0.15, 0.2) is 0 Å². The Labute approximate surface area is 106 Å². The molecule has 0 aliphatic carbocycles. The van der Waals surface area contributed by atoms with Gasteiger partial charge in [-0.25, -0.2) is 0 Å². The summed E-state index contributed by atoms with van der Waals surface area (Å²) in [5, 5.41) is 12.1. The number of amides is 2. The molecule has 98 valence electrons. The number of nitrogens with zero attached hydrogens (tertiary/aromatic N) is 2. The van der Waals surface area contributed by atoms with E-state index in [-0.39, 0.29) is 29.8 Å². The Hall–Kier alpha value is -1.61. The summed E-state index contributed by atoms with van der Waals surface area (Å²) < 4.78 is 0. The second-order valence-corrected chi connectivity index (χ2v) is 5.05. The van der Waals surface area contributed by atoms with Gasteiger partial charge in [0.2, 0.25) is 11.8 Å². The van der Waals surface area contributed by atoms with Gasteiger partial charge in [0.15, 0.2) is 0 Å². The van der Waals surface area contributed by atoms with E-state index >= 15 is 0 Å². The van der Waals surface area contributed by atoms with Gasteiger partial charge in [0.1, 0.15) is 6.04 Å². The summed E-state index contributed by atoms with van der Waals surface area (Å²) >= 11 is 0. The van der Waals surface area contributed by atoms with E-state index in [0.29, 0.717) is 25.9 Å². The van der Waals surface area contributed by atoms with Crippen LogP contribution in [-0.2, 0) is 9.59 Å². The van der Waals surface area contributed by atoms with Crippen molar-refractivity contribution in [3.05, 3.63) is 0 Å². The van der Waals surface area contributed by atoms with Crippen LogP contribution < -0.4 is 11.1 Å². The van der Waals surface area contributed by atoms with Crippen molar-refractivity contribution >= 4 is 11.8 Å². The van der Waals surface area contributed by atoms with Crippen molar-refractivity contribution in [3.8, 4) is 6.07 Å². The first-order valence-corrected chi connectivity index (χ1v) is 6.33. The zero-order chi connectivity index (χ0) is 13.1. The van der Waals surface area contributed by atoms with Gasteiger partial charge in [-0.05, 0) is 31.7 Å². The molecule has 6 nitrogen and oxygen atoms in total. The predicted octanol–water partition coefficient (Wildman–Crippen LogP) is -0.646. The molecule has 3 atom stereocenters. The fourth-order valence-corrected chi connectivity index (χ4v) is 2.80. The Kier molecular flexibility index (Phi) is 3.82. The van der Waals surface area contributed by atoms with E-state index in [0.717, 1.165) is 12.8 Å². The highest BCUT2D eigenvalue weighted by molar-refractivity contribution is 5.83. The van der Waals surface area contributed by atoms with Gasteiger partial charge in [0.05, 0.1) is 12.1 Å². The van der Waals surface area contributed by atoms with Gasteiger partial charge in [-0.15, -0.1) is 0 Å². The second kappa shape index (κ2) is 5.36. The summed E-state index contributed by atoms with van der Waals surface area (Å²) in [5.41, 5.74) is 5.15. The van der Waals surface area contributed by atoms with Crippen molar-refractivity contribution in [2.45, 2.75) is 37.8 Å². The van der Waals surface area contributed by atoms with Crippen LogP contribution in [-0.4, -0.2) is 41.9 Å². The Bertz CT molecular complexity index is 390. The van der Waals surface area contributed by atoms with Crippen LogP contribution in [0.5, 0.6) is 0 Å². The van der Waals surface area contributed by atoms with E-state index in [1.807, 2.05) is 0 Å². The normalized spacial score (nSPS) is 31.3. The van der Waals surface area contributed by atoms with Gasteiger partial charge >= 0.3 is 0 Å². The number of rotatable bonds is 3. The minimum absolute atomic E-state index is 0.00831. The van der Waals surface area contributed by atoms with Crippen molar-refractivity contribution in [2.24, 2.45) is 11.7 Å². The maximum atomic E-state index is 12.2. The van der Waals surface area contributed by atoms with E-state index in [2.05, 4.69) is 11.4 Å². The van der Waals surface area contributed by atoms with Gasteiger partial charge < -0.3 is 16.0 Å². The lowest BCUT2D eigenvalue weighted by Gasteiger charge is -2.23. The molecule has 0 saturated carbocycles. The van der Waals surface area contributed by atoms with Crippen molar-refractivity contribution < 1.29 is 9.59 Å². The van der Waals surface area contributed by atoms with Gasteiger partial charge in [0.25, 0.3) is 0 Å². The van der Waals surface area contributed by atoms with Crippen molar-refractivity contribution in [1.82, 2.24) is 10.2 Å². The summed E-state index contributed by atoms with van der Waals surface area (Å²) in [5.74, 6) is -0.198. The third kappa shape index (κ3) is 2.62. The molecule has 0 spiro atoms. The molecule has 2 amide bonds. The number of hydrogen-bond donors (Lipinski definition) is 2. The fourth-order valence-electron chi connectivity index (χ4n) is 2.80. The summed E-state index contributed by atoms with van der Waals surface area (Å²) in [6.45, 7) is 1.31. The van der Waals surface area contributed by atoms with E-state index in [4.69, 9.17) is 11.0 Å². The molecule has 0 bridgehead atoms. The minimum Gasteiger partial charge on any atom is -0.370 e. The summed E-state index contributed by atoms with van der Waals surface area (Å²) in [4.78, 5) is 24.7. The van der Waals surface area contributed by atoms with Crippen LogP contribution in [0.25, 0.3) is 0 Å². The number of nitriles is 1. The highest BCUT2D eigenvalue weighted by Crippen LogP contribution is 2.23. The molecular weight excluding hydrogens is 232 g/mol. The van der Waals surface area contributed by atoms with Gasteiger partial charge in [-0.1, -0.05) is 0 Å². The molecule has 2 aliphatic rings. The lowest BCUT2D eigenvalue weighted by atomic mass is 10.0. The topological polar surface area (TPSA) is 99.2 Å². The van der Waals surface area contributed by atoms with E-state index in [9.17, 15) is 9.59 Å². The standard InChI is InChI=1S/C12H18N4O2/c13-6-9-2-1-3-16(9)12(18)10-4-8(7-15-10)5-11(14)17/h8-10,15H,1-5,7H2,(H2,14,17)/t8-,9+,10+/m1/s1. The molecule has 0 aromatic heterocycles. The number of carbonyl (C=O) groups is 2. The third-order valence-electron chi connectivity index (χ3n) is 3.69. The Morgan fingerprint density at radius 2 is 2.28 bits per heavy atom. The van der Waals surface area contributed by atoms with E-state index in [1.54, 1.807) is 4.90 Å². The van der Waals surface area contributed by atoms with Gasteiger partial charge in [-0.2, -0.15) is 5.26 Å². The molecule has 0 aromatic carbocycles. The molecule has 2 rings (SSSR count). The van der Waals surface area contributed by atoms with Gasteiger partial charge in [-0.3, -0.25) is 9.59 Å². The number of nitrogens with two attached hydrogens (primary N) is 1. The smallest absolute Gasteiger partial charge is 0.240 e. The Morgan fingerprint density at radius 1 is 1.50 bits per heavy atom. The average Bonchev–Trinajstić information content (AvgIpc) is 2.95. The molecule has 2 aliphatic heterocycles. The molecule has 2 saturated heterocycles. The summed E-state index contributed by atoms with van der Waals surface area (Å²) in [6.07, 6.45) is 2.61. The lowest BCUT2D eigenvalue weighted by Crippen LogP contribution is -2.45. The van der Waals surface area contributed by atoms with Crippen LogP contribution in [0, 0.1) is 17.2 Å². The predicted molar refractivity (Wildman–Crippen MR) is 64.1 cm³/mol. The first-order valence-electron chi connectivity index (χ1n) is 6.33. The third-order valence-corrected chi connectivity index (χ3v) is 3.69. The molecule has 3 N–H and O–H groups in total. The van der Waals surface area contributed by atoms with Crippen LogP contribution in [0.2, 0.25) is 0 Å². The number of primary amides is 1. The number of hydrogen-bond acceptors (Lipinski definition) is 4. The number of likely N-dealkylation sites (tertiary alicyclic amines) is 1. The SMILES string of the molecule is N#C[C@@H]1CCCN1C(=O)[C@@H]1C[C@H](CC(N)=O)CN1. The van der Waals surface area contributed by atoms with Crippen LogP contribution in [0.3, 0.4) is 0 Å². The van der Waals surface area contributed by atoms with Gasteiger partial charge in [0, 0.05) is 13.0 Å². The highest BCUT2D eigenvalue weighted by Gasteiger charge is 2.37. The summed E-state index contributed by atoms with van der Waals surface area (Å²) in [6, 6.07) is 1.62. The molecule has 0 radical (unpaired) electrons. The largest absolute Gasteiger partial charge is 0.370 e. The maximum Gasteiger partial charge on any atom is 0.240 e.